The van der Waals surface area contributed by atoms with Crippen LogP contribution in [0.5, 0.6) is 11.5 Å². The molecular formula is C23H22N2O7S2. The van der Waals surface area contributed by atoms with Crippen LogP contribution in [0, 0.1) is 10.1 Å². The van der Waals surface area contributed by atoms with Gasteiger partial charge in [-0.1, -0.05) is 30.0 Å². The number of carboxylic acid groups (broad SMARTS) is 1. The molecule has 1 amide bonds. The number of nitro benzene ring substituents is 1. The summed E-state index contributed by atoms with van der Waals surface area (Å²) in [5.41, 5.74) is 1.50. The maximum atomic E-state index is 12.7. The molecule has 3 rings (SSSR count). The standard InChI is InChI=1S/C23H22N2O7S2/c1-2-31-19-12-16(13-20-22(28)24(23(33)34-20)11-3-4-21(26)27)7-10-18(19)32-14-15-5-8-17(9-6-15)25(29)30/h5-10,12-13H,2-4,11,14H2,1H3,(H,26,27)/b20-13-. The van der Waals surface area contributed by atoms with Gasteiger partial charge in [-0.2, -0.15) is 0 Å². The van der Waals surface area contributed by atoms with Crippen molar-refractivity contribution < 1.29 is 29.1 Å². The van der Waals surface area contributed by atoms with Gasteiger partial charge in [-0.15, -0.1) is 0 Å². The van der Waals surface area contributed by atoms with E-state index in [2.05, 4.69) is 0 Å². The maximum Gasteiger partial charge on any atom is 0.303 e. The SMILES string of the molecule is CCOc1cc(/C=C2\SC(=S)N(CCCC(=O)O)C2=O)ccc1OCc1ccc([N+](=O)[O-])cc1. The smallest absolute Gasteiger partial charge is 0.303 e. The third-order valence-electron chi connectivity index (χ3n) is 4.75. The summed E-state index contributed by atoms with van der Waals surface area (Å²) in [7, 11) is 0. The zero-order valence-corrected chi connectivity index (χ0v) is 19.9. The van der Waals surface area contributed by atoms with Gasteiger partial charge >= 0.3 is 5.97 Å². The molecule has 0 radical (unpaired) electrons. The Bertz CT molecular complexity index is 1130. The predicted molar refractivity (Wildman–Crippen MR) is 132 cm³/mol. The Balaban J connectivity index is 1.71. The predicted octanol–water partition coefficient (Wildman–Crippen LogP) is 4.64. The lowest BCUT2D eigenvalue weighted by Gasteiger charge is -2.13. The Morgan fingerprint density at radius 2 is 1.94 bits per heavy atom. The molecule has 11 heteroatoms. The van der Waals surface area contributed by atoms with E-state index < -0.39 is 10.9 Å². The molecule has 34 heavy (non-hydrogen) atoms. The minimum atomic E-state index is -0.916. The zero-order valence-electron chi connectivity index (χ0n) is 18.3. The van der Waals surface area contributed by atoms with Crippen LogP contribution in [0.1, 0.15) is 30.9 Å². The van der Waals surface area contributed by atoms with E-state index in [4.69, 9.17) is 26.8 Å². The second-order valence-electron chi connectivity index (χ2n) is 7.18. The van der Waals surface area contributed by atoms with Gasteiger partial charge < -0.3 is 14.6 Å². The first-order chi connectivity index (χ1) is 16.3. The van der Waals surface area contributed by atoms with Crippen molar-refractivity contribution in [2.75, 3.05) is 13.2 Å². The number of rotatable bonds is 11. The largest absolute Gasteiger partial charge is 0.490 e. The Labute approximate surface area is 205 Å². The third kappa shape index (κ3) is 6.55. The van der Waals surface area contributed by atoms with Gasteiger partial charge in [-0.05, 0) is 54.8 Å². The zero-order chi connectivity index (χ0) is 24.7. The molecule has 0 aliphatic carbocycles. The monoisotopic (exact) mass is 502 g/mol. The number of benzene rings is 2. The first-order valence-corrected chi connectivity index (χ1v) is 11.6. The summed E-state index contributed by atoms with van der Waals surface area (Å²) in [5.74, 6) is -0.175. The van der Waals surface area contributed by atoms with Crippen molar-refractivity contribution >= 4 is 51.9 Å². The van der Waals surface area contributed by atoms with Crippen molar-refractivity contribution in [2.24, 2.45) is 0 Å². The molecule has 1 saturated heterocycles. The first-order valence-electron chi connectivity index (χ1n) is 10.4. The second kappa shape index (κ2) is 11.6. The van der Waals surface area contributed by atoms with Crippen LogP contribution in [0.2, 0.25) is 0 Å². The summed E-state index contributed by atoms with van der Waals surface area (Å²) in [6.45, 7) is 2.71. The number of ether oxygens (including phenoxy) is 2. The molecule has 1 heterocycles. The average Bonchev–Trinajstić information content (AvgIpc) is 3.06. The molecule has 1 aliphatic rings. The molecule has 9 nitrogen and oxygen atoms in total. The lowest BCUT2D eigenvalue weighted by Crippen LogP contribution is -2.29. The highest BCUT2D eigenvalue weighted by Crippen LogP contribution is 2.35. The Kier molecular flexibility index (Phi) is 8.61. The normalized spacial score (nSPS) is 14.5. The van der Waals surface area contributed by atoms with Crippen molar-refractivity contribution in [3.8, 4) is 11.5 Å². The topological polar surface area (TPSA) is 119 Å². The highest BCUT2D eigenvalue weighted by atomic mass is 32.2. The van der Waals surface area contributed by atoms with Gasteiger partial charge in [0.2, 0.25) is 0 Å². The average molecular weight is 503 g/mol. The van der Waals surface area contributed by atoms with E-state index in [1.807, 2.05) is 6.92 Å². The van der Waals surface area contributed by atoms with Gasteiger partial charge in [0, 0.05) is 25.1 Å². The number of hydrogen-bond donors (Lipinski definition) is 1. The van der Waals surface area contributed by atoms with Gasteiger partial charge in [-0.3, -0.25) is 24.6 Å². The molecule has 2 aromatic carbocycles. The highest BCUT2D eigenvalue weighted by Gasteiger charge is 2.31. The van der Waals surface area contributed by atoms with Crippen LogP contribution in [-0.2, 0) is 16.2 Å². The number of amides is 1. The van der Waals surface area contributed by atoms with Gasteiger partial charge in [0.1, 0.15) is 10.9 Å². The highest BCUT2D eigenvalue weighted by molar-refractivity contribution is 8.26. The molecule has 0 unspecified atom stereocenters. The van der Waals surface area contributed by atoms with Crippen LogP contribution in [0.15, 0.2) is 47.4 Å². The summed E-state index contributed by atoms with van der Waals surface area (Å²) in [6, 6.07) is 11.4. The van der Waals surface area contributed by atoms with E-state index in [1.165, 1.54) is 28.8 Å². The minimum absolute atomic E-state index is 0.00964. The first kappa shape index (κ1) is 25.2. The summed E-state index contributed by atoms with van der Waals surface area (Å²) in [6.07, 6.45) is 2.00. The van der Waals surface area contributed by atoms with Gasteiger partial charge in [0.05, 0.1) is 16.4 Å². The van der Waals surface area contributed by atoms with Crippen molar-refractivity contribution in [3.05, 3.63) is 68.6 Å². The van der Waals surface area contributed by atoms with Crippen molar-refractivity contribution in [3.63, 3.8) is 0 Å². The molecule has 0 aromatic heterocycles. The van der Waals surface area contributed by atoms with Crippen LogP contribution in [0.3, 0.4) is 0 Å². The second-order valence-corrected chi connectivity index (χ2v) is 8.86. The maximum absolute atomic E-state index is 12.7. The number of hydrogen-bond acceptors (Lipinski definition) is 8. The molecule has 2 aromatic rings. The summed E-state index contributed by atoms with van der Waals surface area (Å²) in [5, 5.41) is 19.6. The van der Waals surface area contributed by atoms with E-state index >= 15 is 0 Å². The quantitative estimate of drug-likeness (QED) is 0.203. The Morgan fingerprint density at radius 3 is 2.59 bits per heavy atom. The summed E-state index contributed by atoms with van der Waals surface area (Å²) in [4.78, 5) is 35.6. The Hall–Kier alpha value is -3.44. The lowest BCUT2D eigenvalue weighted by atomic mass is 10.1. The van der Waals surface area contributed by atoms with Crippen LogP contribution >= 0.6 is 24.0 Å². The van der Waals surface area contributed by atoms with Crippen LogP contribution in [0.25, 0.3) is 6.08 Å². The van der Waals surface area contributed by atoms with Crippen LogP contribution in [-0.4, -0.2) is 44.3 Å². The number of aliphatic carboxylic acids is 1. The molecule has 0 bridgehead atoms. The van der Waals surface area contributed by atoms with E-state index in [0.29, 0.717) is 33.8 Å². The number of nitro groups is 1. The van der Waals surface area contributed by atoms with Gasteiger partial charge in [0.15, 0.2) is 11.5 Å². The third-order valence-corrected chi connectivity index (χ3v) is 6.13. The fraction of sp³-hybridized carbons (Fsp3) is 0.261. The van der Waals surface area contributed by atoms with Crippen molar-refractivity contribution in [1.29, 1.82) is 0 Å². The number of nitrogens with zero attached hydrogens (tertiary/aromatic N) is 2. The minimum Gasteiger partial charge on any atom is -0.490 e. The molecule has 178 valence electrons. The van der Waals surface area contributed by atoms with E-state index in [1.54, 1.807) is 36.4 Å². The van der Waals surface area contributed by atoms with Crippen LogP contribution in [0.4, 0.5) is 5.69 Å². The number of carbonyl (C=O) groups excluding carboxylic acids is 1. The molecule has 1 fully saturated rings. The molecule has 0 spiro atoms. The van der Waals surface area contributed by atoms with Gasteiger partial charge in [0.25, 0.3) is 11.6 Å². The molecule has 0 atom stereocenters. The number of thioether (sulfide) groups is 1. The molecule has 0 saturated carbocycles. The van der Waals surface area contributed by atoms with E-state index in [9.17, 15) is 19.7 Å². The number of thiocarbonyl (C=S) groups is 1. The Morgan fingerprint density at radius 1 is 1.21 bits per heavy atom. The lowest BCUT2D eigenvalue weighted by molar-refractivity contribution is -0.384. The van der Waals surface area contributed by atoms with Crippen molar-refractivity contribution in [2.45, 2.75) is 26.4 Å². The summed E-state index contributed by atoms with van der Waals surface area (Å²) >= 11 is 6.45. The van der Waals surface area contributed by atoms with E-state index in [0.717, 1.165) is 11.1 Å². The fourth-order valence-corrected chi connectivity index (χ4v) is 4.42. The number of carboxylic acids is 1. The molecule has 1 N–H and O–H groups in total. The molecule has 1 aliphatic heterocycles. The van der Waals surface area contributed by atoms with E-state index in [-0.39, 0.29) is 31.2 Å². The van der Waals surface area contributed by atoms with Crippen molar-refractivity contribution in [1.82, 2.24) is 4.90 Å². The van der Waals surface area contributed by atoms with Gasteiger partial charge in [-0.25, -0.2) is 0 Å². The molecular weight excluding hydrogens is 480 g/mol. The number of non-ortho nitro benzene ring substituents is 1. The van der Waals surface area contributed by atoms with Crippen LogP contribution < -0.4 is 9.47 Å². The summed E-state index contributed by atoms with van der Waals surface area (Å²) < 4.78 is 12.0. The number of carbonyl (C=O) groups is 2. The fourth-order valence-electron chi connectivity index (χ4n) is 3.11.